The molecule has 0 unspecified atom stereocenters. The third-order valence-corrected chi connectivity index (χ3v) is 2.52. The van der Waals surface area contributed by atoms with Crippen LogP contribution in [0.5, 0.6) is 0 Å². The molecule has 0 fully saturated rings. The molecular weight excluding hydrogens is 254 g/mol. The predicted molar refractivity (Wildman–Crippen MR) is 72.1 cm³/mol. The zero-order valence-electron chi connectivity index (χ0n) is 11.1. The van der Waals surface area contributed by atoms with Crippen LogP contribution in [0.15, 0.2) is 6.07 Å². The minimum absolute atomic E-state index is 0.378. The lowest BCUT2D eigenvalue weighted by atomic mass is 10.4. The van der Waals surface area contributed by atoms with Crippen LogP contribution in [0.1, 0.15) is 19.7 Å². The van der Waals surface area contributed by atoms with E-state index in [-0.39, 0.29) is 0 Å². The Morgan fingerprint density at radius 3 is 2.61 bits per heavy atom. The minimum atomic E-state index is 0.378. The second kappa shape index (κ2) is 8.24. The molecule has 0 atom stereocenters. The van der Waals surface area contributed by atoms with Crippen molar-refractivity contribution in [3.05, 3.63) is 17.0 Å². The average Bonchev–Trinajstić information content (AvgIpc) is 2.36. The molecule has 1 aromatic rings. The largest absolute Gasteiger partial charge is 0.380 e. The van der Waals surface area contributed by atoms with Gasteiger partial charge in [0.15, 0.2) is 5.82 Å². The molecule has 0 aromatic carbocycles. The maximum absolute atomic E-state index is 5.97. The van der Waals surface area contributed by atoms with E-state index in [0.717, 1.165) is 12.4 Å². The van der Waals surface area contributed by atoms with Crippen LogP contribution >= 0.6 is 11.6 Å². The van der Waals surface area contributed by atoms with Gasteiger partial charge in [0.05, 0.1) is 6.61 Å². The van der Waals surface area contributed by atoms with Crippen LogP contribution in [0.2, 0.25) is 5.15 Å². The molecule has 18 heavy (non-hydrogen) atoms. The van der Waals surface area contributed by atoms with Gasteiger partial charge in [0.1, 0.15) is 17.6 Å². The average molecular weight is 274 g/mol. The summed E-state index contributed by atoms with van der Waals surface area (Å²) in [7, 11) is 1.95. The van der Waals surface area contributed by atoms with Crippen molar-refractivity contribution in [2.75, 3.05) is 38.3 Å². The zero-order valence-corrected chi connectivity index (χ0v) is 11.9. The monoisotopic (exact) mass is 273 g/mol. The summed E-state index contributed by atoms with van der Waals surface area (Å²) in [6.07, 6.45) is 0. The second-order valence-corrected chi connectivity index (χ2v) is 4.11. The number of rotatable bonds is 8. The fourth-order valence-corrected chi connectivity index (χ4v) is 1.56. The van der Waals surface area contributed by atoms with E-state index in [9.17, 15) is 0 Å². The molecule has 0 aliphatic heterocycles. The van der Waals surface area contributed by atoms with Crippen LogP contribution in [0.25, 0.3) is 0 Å². The molecule has 0 bridgehead atoms. The first-order chi connectivity index (χ1) is 8.67. The Morgan fingerprint density at radius 1 is 1.22 bits per heavy atom. The number of anilines is 1. The van der Waals surface area contributed by atoms with Gasteiger partial charge in [-0.2, -0.15) is 0 Å². The summed E-state index contributed by atoms with van der Waals surface area (Å²) in [4.78, 5) is 10.5. The number of hydrogen-bond donors (Lipinski definition) is 0. The Bertz CT molecular complexity index is 363. The van der Waals surface area contributed by atoms with Gasteiger partial charge in [0, 0.05) is 32.9 Å². The molecular formula is C12H20ClN3O2. The quantitative estimate of drug-likeness (QED) is 0.536. The fraction of sp³-hybridized carbons (Fsp3) is 0.667. The molecule has 0 saturated carbocycles. The highest BCUT2D eigenvalue weighted by molar-refractivity contribution is 6.29. The SMILES string of the molecule is CCOCCN(C)c1cc(Cl)nc(COCC)n1. The van der Waals surface area contributed by atoms with Gasteiger partial charge in [-0.15, -0.1) is 0 Å². The van der Waals surface area contributed by atoms with Crippen molar-refractivity contribution in [2.45, 2.75) is 20.5 Å². The van der Waals surface area contributed by atoms with Crippen LogP contribution in [-0.2, 0) is 16.1 Å². The molecule has 1 aromatic heterocycles. The first kappa shape index (κ1) is 15.1. The van der Waals surface area contributed by atoms with Gasteiger partial charge in [-0.3, -0.25) is 0 Å². The summed E-state index contributed by atoms with van der Waals surface area (Å²) in [6.45, 7) is 7.05. The van der Waals surface area contributed by atoms with Gasteiger partial charge in [-0.05, 0) is 13.8 Å². The normalized spacial score (nSPS) is 10.7. The summed E-state index contributed by atoms with van der Waals surface area (Å²) in [5.74, 6) is 1.38. The number of hydrogen-bond acceptors (Lipinski definition) is 5. The van der Waals surface area contributed by atoms with Crippen molar-refractivity contribution < 1.29 is 9.47 Å². The number of likely N-dealkylation sites (N-methyl/N-ethyl adjacent to an activating group) is 1. The maximum Gasteiger partial charge on any atom is 0.158 e. The first-order valence-corrected chi connectivity index (χ1v) is 6.45. The molecule has 0 aliphatic rings. The molecule has 102 valence electrons. The number of ether oxygens (including phenoxy) is 2. The Labute approximate surface area is 113 Å². The Hall–Kier alpha value is -0.910. The van der Waals surface area contributed by atoms with E-state index >= 15 is 0 Å². The minimum Gasteiger partial charge on any atom is -0.380 e. The molecule has 0 spiro atoms. The third-order valence-electron chi connectivity index (χ3n) is 2.33. The van der Waals surface area contributed by atoms with E-state index in [1.807, 2.05) is 25.8 Å². The number of aromatic nitrogens is 2. The highest BCUT2D eigenvalue weighted by Gasteiger charge is 2.07. The Morgan fingerprint density at radius 2 is 1.94 bits per heavy atom. The predicted octanol–water partition coefficient (Wildman–Crippen LogP) is 2.14. The van der Waals surface area contributed by atoms with Crippen molar-refractivity contribution >= 4 is 17.4 Å². The number of nitrogens with zero attached hydrogens (tertiary/aromatic N) is 3. The summed E-state index contributed by atoms with van der Waals surface area (Å²) in [5, 5.41) is 0.429. The highest BCUT2D eigenvalue weighted by Crippen LogP contribution is 2.15. The van der Waals surface area contributed by atoms with Gasteiger partial charge >= 0.3 is 0 Å². The maximum atomic E-state index is 5.97. The van der Waals surface area contributed by atoms with Crippen LogP contribution in [-0.4, -0.2) is 43.4 Å². The van der Waals surface area contributed by atoms with E-state index in [0.29, 0.717) is 37.4 Å². The standard InChI is InChI=1S/C12H20ClN3O2/c1-4-17-7-6-16(3)12-8-10(13)14-11(15-12)9-18-5-2/h8H,4-7,9H2,1-3H3. The summed E-state index contributed by atoms with van der Waals surface area (Å²) in [5.41, 5.74) is 0. The lowest BCUT2D eigenvalue weighted by Crippen LogP contribution is -2.24. The van der Waals surface area contributed by atoms with E-state index in [4.69, 9.17) is 21.1 Å². The van der Waals surface area contributed by atoms with Gasteiger partial charge in [-0.25, -0.2) is 9.97 Å². The Balaban J connectivity index is 2.65. The van der Waals surface area contributed by atoms with Crippen LogP contribution in [0, 0.1) is 0 Å². The van der Waals surface area contributed by atoms with Crippen LogP contribution < -0.4 is 4.90 Å². The van der Waals surface area contributed by atoms with Crippen molar-refractivity contribution in [1.29, 1.82) is 0 Å². The van der Waals surface area contributed by atoms with Crippen LogP contribution in [0.4, 0.5) is 5.82 Å². The van der Waals surface area contributed by atoms with Gasteiger partial charge < -0.3 is 14.4 Å². The topological polar surface area (TPSA) is 47.5 Å². The van der Waals surface area contributed by atoms with Crippen molar-refractivity contribution in [3.8, 4) is 0 Å². The molecule has 0 radical (unpaired) electrons. The summed E-state index contributed by atoms with van der Waals surface area (Å²) < 4.78 is 10.6. The Kier molecular flexibility index (Phi) is 6.93. The van der Waals surface area contributed by atoms with Crippen LogP contribution in [0.3, 0.4) is 0 Å². The molecule has 1 heterocycles. The highest BCUT2D eigenvalue weighted by atomic mass is 35.5. The molecule has 0 saturated heterocycles. The third kappa shape index (κ3) is 5.16. The van der Waals surface area contributed by atoms with E-state index in [1.54, 1.807) is 6.07 Å². The fourth-order valence-electron chi connectivity index (χ4n) is 1.37. The van der Waals surface area contributed by atoms with Gasteiger partial charge in [0.25, 0.3) is 0 Å². The smallest absolute Gasteiger partial charge is 0.158 e. The lowest BCUT2D eigenvalue weighted by molar-refractivity contribution is 0.128. The number of halogens is 1. The van der Waals surface area contributed by atoms with Gasteiger partial charge in [0.2, 0.25) is 0 Å². The summed E-state index contributed by atoms with van der Waals surface area (Å²) >= 11 is 5.97. The van der Waals surface area contributed by atoms with Crippen molar-refractivity contribution in [2.24, 2.45) is 0 Å². The molecule has 0 aliphatic carbocycles. The zero-order chi connectivity index (χ0) is 13.4. The first-order valence-electron chi connectivity index (χ1n) is 6.07. The second-order valence-electron chi connectivity index (χ2n) is 3.72. The van der Waals surface area contributed by atoms with E-state index in [2.05, 4.69) is 9.97 Å². The summed E-state index contributed by atoms with van der Waals surface area (Å²) in [6, 6.07) is 1.74. The molecule has 1 rings (SSSR count). The van der Waals surface area contributed by atoms with Crippen molar-refractivity contribution in [1.82, 2.24) is 9.97 Å². The van der Waals surface area contributed by atoms with Crippen molar-refractivity contribution in [3.63, 3.8) is 0 Å². The molecule has 0 N–H and O–H groups in total. The molecule has 5 nitrogen and oxygen atoms in total. The van der Waals surface area contributed by atoms with E-state index < -0.39 is 0 Å². The van der Waals surface area contributed by atoms with Gasteiger partial charge in [-0.1, -0.05) is 11.6 Å². The molecule has 6 heteroatoms. The molecule has 0 amide bonds. The van der Waals surface area contributed by atoms with E-state index in [1.165, 1.54) is 0 Å². The lowest BCUT2D eigenvalue weighted by Gasteiger charge is -2.18.